The zero-order valence-electron chi connectivity index (χ0n) is 15.7. The highest BCUT2D eigenvalue weighted by atomic mass is 16.5. The first-order chi connectivity index (χ1) is 13.6. The number of methoxy groups -OCH3 is 3. The van der Waals surface area contributed by atoms with Crippen molar-refractivity contribution in [2.45, 2.75) is 0 Å². The zero-order chi connectivity index (χ0) is 19.9. The first-order valence-electron chi connectivity index (χ1n) is 8.39. The molecule has 3 rings (SSSR count). The number of carbonyl (C=O) groups excluding carboxylic acids is 1. The number of nitrogens with zero attached hydrogens (tertiary/aromatic N) is 2. The lowest BCUT2D eigenvalue weighted by Crippen LogP contribution is -2.17. The van der Waals surface area contributed by atoms with Crippen LogP contribution in [0.4, 0.5) is 0 Å². The Balaban J connectivity index is 1.73. The van der Waals surface area contributed by atoms with Crippen LogP contribution in [0.2, 0.25) is 0 Å². The van der Waals surface area contributed by atoms with Crippen LogP contribution in [0.15, 0.2) is 53.8 Å². The van der Waals surface area contributed by atoms with Crippen LogP contribution in [0.25, 0.3) is 11.3 Å². The molecule has 0 unspecified atom stereocenters. The lowest BCUT2D eigenvalue weighted by molar-refractivity contribution is 0.0954. The van der Waals surface area contributed by atoms with E-state index < -0.39 is 0 Å². The second-order valence-corrected chi connectivity index (χ2v) is 5.73. The van der Waals surface area contributed by atoms with E-state index in [0.29, 0.717) is 17.1 Å². The number of hydrazone groups is 1. The first-order valence-corrected chi connectivity index (χ1v) is 8.39. The fraction of sp³-hybridized carbons (Fsp3) is 0.150. The average molecular weight is 380 g/mol. The molecule has 0 saturated heterocycles. The van der Waals surface area contributed by atoms with Crippen LogP contribution >= 0.6 is 0 Å². The van der Waals surface area contributed by atoms with Gasteiger partial charge in [0, 0.05) is 22.8 Å². The third-order valence-electron chi connectivity index (χ3n) is 4.03. The quantitative estimate of drug-likeness (QED) is 0.485. The largest absolute Gasteiger partial charge is 0.497 e. The van der Waals surface area contributed by atoms with Crippen molar-refractivity contribution in [3.8, 4) is 28.5 Å². The summed E-state index contributed by atoms with van der Waals surface area (Å²) in [5.41, 5.74) is 5.30. The summed E-state index contributed by atoms with van der Waals surface area (Å²) in [6, 6.07) is 12.4. The van der Waals surface area contributed by atoms with Crippen LogP contribution < -0.4 is 19.6 Å². The minimum absolute atomic E-state index is 0.371. The van der Waals surface area contributed by atoms with Crippen molar-refractivity contribution in [2.75, 3.05) is 21.3 Å². The Morgan fingerprint density at radius 1 is 1.00 bits per heavy atom. The molecule has 0 saturated carbocycles. The Kier molecular flexibility index (Phi) is 5.91. The Morgan fingerprint density at radius 2 is 1.64 bits per heavy atom. The van der Waals surface area contributed by atoms with Gasteiger partial charge in [-0.3, -0.25) is 9.89 Å². The number of rotatable bonds is 7. The highest BCUT2D eigenvalue weighted by Crippen LogP contribution is 2.23. The van der Waals surface area contributed by atoms with E-state index in [4.69, 9.17) is 14.2 Å². The van der Waals surface area contributed by atoms with E-state index in [9.17, 15) is 4.79 Å². The zero-order valence-corrected chi connectivity index (χ0v) is 15.7. The van der Waals surface area contributed by atoms with E-state index in [0.717, 1.165) is 22.6 Å². The van der Waals surface area contributed by atoms with Crippen molar-refractivity contribution in [2.24, 2.45) is 5.10 Å². The Labute approximate surface area is 162 Å². The van der Waals surface area contributed by atoms with Crippen molar-refractivity contribution in [3.05, 3.63) is 59.8 Å². The van der Waals surface area contributed by atoms with E-state index in [1.54, 1.807) is 31.5 Å². The van der Waals surface area contributed by atoms with Gasteiger partial charge in [0.25, 0.3) is 5.91 Å². The Hall–Kier alpha value is -3.81. The summed E-state index contributed by atoms with van der Waals surface area (Å²) in [5.74, 6) is 1.41. The van der Waals surface area contributed by atoms with Gasteiger partial charge in [0.15, 0.2) is 0 Å². The molecule has 0 radical (unpaired) electrons. The molecule has 144 valence electrons. The molecule has 1 aromatic heterocycles. The topological polar surface area (TPSA) is 97.8 Å². The standard InChI is InChI=1S/C20H20N4O4/c1-26-16-6-4-13(5-7-16)19-15(11-21-23-19)12-22-24-20(25)14-8-17(27-2)10-18(9-14)28-3/h4-12H,1-3H3,(H,21,23)(H,24,25). The maximum absolute atomic E-state index is 12.4. The van der Waals surface area contributed by atoms with Crippen molar-refractivity contribution in [1.29, 1.82) is 0 Å². The fourth-order valence-electron chi connectivity index (χ4n) is 2.55. The summed E-state index contributed by atoms with van der Waals surface area (Å²) in [5, 5.41) is 11.0. The van der Waals surface area contributed by atoms with Gasteiger partial charge in [0.2, 0.25) is 0 Å². The highest BCUT2D eigenvalue weighted by Gasteiger charge is 2.10. The molecule has 8 heteroatoms. The molecular weight excluding hydrogens is 360 g/mol. The number of aromatic amines is 1. The summed E-state index contributed by atoms with van der Waals surface area (Å²) in [6.07, 6.45) is 3.15. The van der Waals surface area contributed by atoms with E-state index in [1.807, 2.05) is 24.3 Å². The maximum Gasteiger partial charge on any atom is 0.271 e. The van der Waals surface area contributed by atoms with Gasteiger partial charge < -0.3 is 14.2 Å². The number of ether oxygens (including phenoxy) is 3. The van der Waals surface area contributed by atoms with Crippen LogP contribution in [0, 0.1) is 0 Å². The van der Waals surface area contributed by atoms with Gasteiger partial charge in [0.1, 0.15) is 17.2 Å². The number of benzene rings is 2. The summed E-state index contributed by atoms with van der Waals surface area (Å²) in [7, 11) is 4.66. The van der Waals surface area contributed by atoms with Gasteiger partial charge in [-0.15, -0.1) is 0 Å². The third-order valence-corrected chi connectivity index (χ3v) is 4.03. The van der Waals surface area contributed by atoms with Gasteiger partial charge in [-0.1, -0.05) is 0 Å². The molecule has 0 fully saturated rings. The van der Waals surface area contributed by atoms with Gasteiger partial charge in [-0.2, -0.15) is 10.2 Å². The molecule has 0 bridgehead atoms. The van der Waals surface area contributed by atoms with E-state index in [-0.39, 0.29) is 5.91 Å². The molecule has 0 spiro atoms. The smallest absolute Gasteiger partial charge is 0.271 e. The molecule has 1 heterocycles. The summed E-state index contributed by atoms with van der Waals surface area (Å²) in [6.45, 7) is 0. The van der Waals surface area contributed by atoms with Crippen molar-refractivity contribution >= 4 is 12.1 Å². The van der Waals surface area contributed by atoms with Gasteiger partial charge in [-0.25, -0.2) is 5.43 Å². The van der Waals surface area contributed by atoms with Crippen molar-refractivity contribution in [1.82, 2.24) is 15.6 Å². The molecule has 1 amide bonds. The summed E-state index contributed by atoms with van der Waals surface area (Å²) < 4.78 is 15.5. The Morgan fingerprint density at radius 3 is 2.25 bits per heavy atom. The summed E-state index contributed by atoms with van der Waals surface area (Å²) in [4.78, 5) is 12.4. The number of aromatic nitrogens is 2. The molecule has 8 nitrogen and oxygen atoms in total. The molecule has 0 aliphatic rings. The van der Waals surface area contributed by atoms with Gasteiger partial charge >= 0.3 is 0 Å². The number of carbonyl (C=O) groups is 1. The SMILES string of the molecule is COc1ccc(-c2[nH]ncc2C=NNC(=O)c2cc(OC)cc(OC)c2)cc1. The van der Waals surface area contributed by atoms with Gasteiger partial charge in [0.05, 0.1) is 39.4 Å². The monoisotopic (exact) mass is 380 g/mol. The normalized spacial score (nSPS) is 10.7. The van der Waals surface area contributed by atoms with Crippen LogP contribution in [-0.4, -0.2) is 43.6 Å². The van der Waals surface area contributed by atoms with Crippen LogP contribution in [0.5, 0.6) is 17.2 Å². The molecule has 28 heavy (non-hydrogen) atoms. The van der Waals surface area contributed by atoms with Crippen molar-refractivity contribution in [3.63, 3.8) is 0 Å². The van der Waals surface area contributed by atoms with Crippen molar-refractivity contribution < 1.29 is 19.0 Å². The predicted molar refractivity (Wildman–Crippen MR) is 105 cm³/mol. The van der Waals surface area contributed by atoms with Gasteiger partial charge in [-0.05, 0) is 36.4 Å². The number of hydrogen-bond acceptors (Lipinski definition) is 6. The lowest BCUT2D eigenvalue weighted by atomic mass is 10.1. The molecule has 2 aromatic carbocycles. The minimum Gasteiger partial charge on any atom is -0.497 e. The molecule has 0 atom stereocenters. The molecule has 3 aromatic rings. The molecule has 2 N–H and O–H groups in total. The maximum atomic E-state index is 12.4. The highest BCUT2D eigenvalue weighted by molar-refractivity contribution is 5.96. The second-order valence-electron chi connectivity index (χ2n) is 5.73. The molecule has 0 aliphatic carbocycles. The third kappa shape index (κ3) is 4.29. The van der Waals surface area contributed by atoms with Crippen LogP contribution in [0.3, 0.4) is 0 Å². The van der Waals surface area contributed by atoms with E-state index >= 15 is 0 Å². The molecule has 0 aliphatic heterocycles. The average Bonchev–Trinajstić information content (AvgIpc) is 3.21. The van der Waals surface area contributed by atoms with Crippen LogP contribution in [-0.2, 0) is 0 Å². The number of hydrogen-bond donors (Lipinski definition) is 2. The van der Waals surface area contributed by atoms with E-state index in [2.05, 4.69) is 20.7 Å². The number of H-pyrrole nitrogens is 1. The first kappa shape index (κ1) is 19.0. The van der Waals surface area contributed by atoms with Crippen LogP contribution in [0.1, 0.15) is 15.9 Å². The minimum atomic E-state index is -0.386. The number of nitrogens with one attached hydrogen (secondary N) is 2. The molecular formula is C20H20N4O4. The fourth-order valence-corrected chi connectivity index (χ4v) is 2.55. The summed E-state index contributed by atoms with van der Waals surface area (Å²) >= 11 is 0. The van der Waals surface area contributed by atoms with E-state index in [1.165, 1.54) is 20.4 Å². The number of amides is 1. The second kappa shape index (κ2) is 8.72. The predicted octanol–water partition coefficient (Wildman–Crippen LogP) is 2.87. The Bertz CT molecular complexity index is 958. The lowest BCUT2D eigenvalue weighted by Gasteiger charge is -2.07.